The fourth-order valence-electron chi connectivity index (χ4n) is 2.48. The second kappa shape index (κ2) is 15.4. The lowest BCUT2D eigenvalue weighted by atomic mass is 10.1. The van der Waals surface area contributed by atoms with Crippen LogP contribution in [0, 0.1) is 0 Å². The molecule has 0 amide bonds. The third-order valence-corrected chi connectivity index (χ3v) is 4.07. The Balaban J connectivity index is 1.94. The first kappa shape index (κ1) is 22.2. The highest BCUT2D eigenvalue weighted by atomic mass is 16.6. The van der Waals surface area contributed by atoms with Crippen molar-refractivity contribution in [1.82, 2.24) is 0 Å². The van der Waals surface area contributed by atoms with Crippen molar-refractivity contribution in [3.63, 3.8) is 0 Å². The second-order valence-electron chi connectivity index (χ2n) is 6.27. The van der Waals surface area contributed by atoms with E-state index in [-0.39, 0.29) is 18.2 Å². The molecule has 1 saturated heterocycles. The summed E-state index contributed by atoms with van der Waals surface area (Å²) in [5.74, 6) is -0.158. The van der Waals surface area contributed by atoms with E-state index in [0.717, 1.165) is 44.9 Å². The first-order chi connectivity index (χ1) is 12.8. The lowest BCUT2D eigenvalue weighted by Crippen LogP contribution is -2.03. The van der Waals surface area contributed by atoms with Crippen LogP contribution in [0.25, 0.3) is 0 Å². The van der Waals surface area contributed by atoms with Gasteiger partial charge in [-0.15, -0.1) is 0 Å². The number of hydrogen-bond acceptors (Lipinski definition) is 3. The normalized spacial score (nSPS) is 20.4. The lowest BCUT2D eigenvalue weighted by Gasteiger charge is -1.95. The van der Waals surface area contributed by atoms with E-state index >= 15 is 0 Å². The van der Waals surface area contributed by atoms with Crippen molar-refractivity contribution in [1.29, 1.82) is 0 Å². The Labute approximate surface area is 159 Å². The van der Waals surface area contributed by atoms with Crippen LogP contribution in [0.2, 0.25) is 0 Å². The maximum absolute atomic E-state index is 11.0. The first-order valence-electron chi connectivity index (χ1n) is 9.75. The molecular weight excluding hydrogens is 324 g/mol. The van der Waals surface area contributed by atoms with Gasteiger partial charge in [-0.1, -0.05) is 67.7 Å². The zero-order chi connectivity index (χ0) is 18.9. The molecule has 0 aromatic heterocycles. The predicted molar refractivity (Wildman–Crippen MR) is 109 cm³/mol. The smallest absolute Gasteiger partial charge is 0.305 e. The highest BCUT2D eigenvalue weighted by Gasteiger charge is 2.37. The van der Waals surface area contributed by atoms with E-state index in [1.54, 1.807) is 0 Å². The van der Waals surface area contributed by atoms with Gasteiger partial charge in [0.15, 0.2) is 0 Å². The zero-order valence-electron chi connectivity index (χ0n) is 16.3. The van der Waals surface area contributed by atoms with Gasteiger partial charge in [0.05, 0.1) is 19.3 Å². The molecule has 0 spiro atoms. The van der Waals surface area contributed by atoms with Gasteiger partial charge in [0.25, 0.3) is 0 Å². The van der Waals surface area contributed by atoms with Crippen molar-refractivity contribution in [3.05, 3.63) is 60.8 Å². The maximum Gasteiger partial charge on any atom is 0.305 e. The Kier molecular flexibility index (Phi) is 13.1. The molecule has 1 fully saturated rings. The topological polar surface area (TPSA) is 38.8 Å². The van der Waals surface area contributed by atoms with Crippen LogP contribution in [-0.2, 0) is 14.3 Å². The van der Waals surface area contributed by atoms with Crippen LogP contribution >= 0.6 is 0 Å². The van der Waals surface area contributed by atoms with Crippen molar-refractivity contribution in [2.75, 3.05) is 7.11 Å². The van der Waals surface area contributed by atoms with Crippen molar-refractivity contribution in [3.8, 4) is 0 Å². The quantitative estimate of drug-likeness (QED) is 0.222. The minimum absolute atomic E-state index is 0.158. The zero-order valence-corrected chi connectivity index (χ0v) is 16.3. The summed E-state index contributed by atoms with van der Waals surface area (Å²) in [6.07, 6.45) is 29.7. The number of ether oxygens (including phenoxy) is 2. The summed E-state index contributed by atoms with van der Waals surface area (Å²) in [5.41, 5.74) is 0. The molecule has 0 N–H and O–H groups in total. The Morgan fingerprint density at radius 1 is 0.808 bits per heavy atom. The van der Waals surface area contributed by atoms with E-state index in [1.165, 1.54) is 7.11 Å². The number of carbonyl (C=O) groups is 1. The highest BCUT2D eigenvalue weighted by molar-refractivity contribution is 5.69. The third-order valence-electron chi connectivity index (χ3n) is 4.07. The Bertz CT molecular complexity index is 512. The molecule has 0 bridgehead atoms. The summed E-state index contributed by atoms with van der Waals surface area (Å²) in [5, 5.41) is 0. The predicted octanol–water partition coefficient (Wildman–Crippen LogP) is 5.85. The fourth-order valence-corrected chi connectivity index (χ4v) is 2.48. The highest BCUT2D eigenvalue weighted by Crippen LogP contribution is 2.29. The molecule has 0 aromatic carbocycles. The van der Waals surface area contributed by atoms with Gasteiger partial charge in [-0.25, -0.2) is 0 Å². The fraction of sp³-hybridized carbons (Fsp3) is 0.522. The van der Waals surface area contributed by atoms with Crippen molar-refractivity contribution >= 4 is 5.97 Å². The van der Waals surface area contributed by atoms with E-state index in [1.807, 2.05) is 0 Å². The number of epoxide rings is 1. The number of allylic oxidation sites excluding steroid dienone is 9. The molecule has 0 radical (unpaired) electrons. The van der Waals surface area contributed by atoms with Gasteiger partial charge < -0.3 is 9.47 Å². The van der Waals surface area contributed by atoms with Crippen LogP contribution in [0.5, 0.6) is 0 Å². The summed E-state index contributed by atoms with van der Waals surface area (Å²) in [7, 11) is 1.42. The van der Waals surface area contributed by atoms with Gasteiger partial charge in [0, 0.05) is 6.42 Å². The van der Waals surface area contributed by atoms with Crippen molar-refractivity contribution < 1.29 is 14.3 Å². The van der Waals surface area contributed by atoms with Gasteiger partial charge in [-0.05, 0) is 44.9 Å². The molecule has 1 aliphatic rings. The number of hydrogen-bond donors (Lipinski definition) is 0. The van der Waals surface area contributed by atoms with Crippen molar-refractivity contribution in [2.45, 2.75) is 70.5 Å². The molecule has 3 heteroatoms. The molecule has 0 unspecified atom stereocenters. The monoisotopic (exact) mass is 358 g/mol. The van der Waals surface area contributed by atoms with Crippen LogP contribution in [0.15, 0.2) is 60.8 Å². The van der Waals surface area contributed by atoms with Gasteiger partial charge >= 0.3 is 5.97 Å². The molecule has 1 heterocycles. The second-order valence-corrected chi connectivity index (χ2v) is 6.27. The average molecular weight is 359 g/mol. The SMILES string of the molecule is CC/C=C\C/C=C\C/C=C\C/C=C\C/C=C\C[C@@H]1O[C@@H]1CCC(=O)OC. The number of carbonyl (C=O) groups excluding carboxylic acids is 1. The van der Waals surface area contributed by atoms with Crippen LogP contribution in [0.4, 0.5) is 0 Å². The Morgan fingerprint density at radius 2 is 1.31 bits per heavy atom. The van der Waals surface area contributed by atoms with Gasteiger partial charge in [0.1, 0.15) is 0 Å². The van der Waals surface area contributed by atoms with Crippen LogP contribution < -0.4 is 0 Å². The minimum Gasteiger partial charge on any atom is -0.469 e. The molecule has 2 atom stereocenters. The summed E-state index contributed by atoms with van der Waals surface area (Å²) < 4.78 is 10.2. The molecule has 0 aromatic rings. The van der Waals surface area contributed by atoms with E-state index in [9.17, 15) is 4.79 Å². The molecule has 3 nitrogen and oxygen atoms in total. The summed E-state index contributed by atoms with van der Waals surface area (Å²) in [4.78, 5) is 11.0. The average Bonchev–Trinajstić information content (AvgIpc) is 3.41. The summed E-state index contributed by atoms with van der Waals surface area (Å²) in [6, 6.07) is 0. The largest absolute Gasteiger partial charge is 0.469 e. The summed E-state index contributed by atoms with van der Waals surface area (Å²) in [6.45, 7) is 2.15. The minimum atomic E-state index is -0.158. The van der Waals surface area contributed by atoms with Crippen LogP contribution in [-0.4, -0.2) is 25.3 Å². The summed E-state index contributed by atoms with van der Waals surface area (Å²) >= 11 is 0. The molecule has 1 rings (SSSR count). The molecule has 0 saturated carbocycles. The number of methoxy groups -OCH3 is 1. The van der Waals surface area contributed by atoms with Gasteiger partial charge in [0.2, 0.25) is 0 Å². The van der Waals surface area contributed by atoms with E-state index in [0.29, 0.717) is 6.42 Å². The van der Waals surface area contributed by atoms with Gasteiger partial charge in [-0.3, -0.25) is 4.79 Å². The number of rotatable bonds is 14. The Morgan fingerprint density at radius 3 is 1.81 bits per heavy atom. The Hall–Kier alpha value is -1.87. The molecule has 0 aliphatic carbocycles. The molecule has 26 heavy (non-hydrogen) atoms. The lowest BCUT2D eigenvalue weighted by molar-refractivity contribution is -0.140. The third kappa shape index (κ3) is 12.5. The molecular formula is C23H34O3. The standard InChI is InChI=1S/C23H34O3/c1-3-4-5-6-7-8-9-10-11-12-13-14-15-16-17-18-21-22(26-21)19-20-23(24)25-2/h4-5,7-8,10-11,13-14,16-17,21-22H,3,6,9,12,15,18-20H2,1-2H3/b5-4-,8-7-,11-10-,14-13-,17-16-/t21-,22+/m0/s1. The van der Waals surface area contributed by atoms with Gasteiger partial charge in [-0.2, -0.15) is 0 Å². The van der Waals surface area contributed by atoms with Crippen LogP contribution in [0.3, 0.4) is 0 Å². The van der Waals surface area contributed by atoms with E-state index in [2.05, 4.69) is 72.4 Å². The molecule has 1 aliphatic heterocycles. The van der Waals surface area contributed by atoms with E-state index < -0.39 is 0 Å². The maximum atomic E-state index is 11.0. The first-order valence-corrected chi connectivity index (χ1v) is 9.75. The van der Waals surface area contributed by atoms with Crippen LogP contribution in [0.1, 0.15) is 58.3 Å². The number of esters is 1. The van der Waals surface area contributed by atoms with E-state index in [4.69, 9.17) is 4.74 Å². The molecule has 144 valence electrons. The van der Waals surface area contributed by atoms with Crippen molar-refractivity contribution in [2.24, 2.45) is 0 Å².